The van der Waals surface area contributed by atoms with E-state index in [1.165, 1.54) is 19.2 Å². The second-order valence-electron chi connectivity index (χ2n) is 5.60. The molecule has 134 valence electrons. The van der Waals surface area contributed by atoms with Crippen molar-refractivity contribution in [1.82, 2.24) is 14.7 Å². The molecular weight excluding hydrogens is 350 g/mol. The third-order valence-corrected chi connectivity index (χ3v) is 5.29. The van der Waals surface area contributed by atoms with E-state index in [-0.39, 0.29) is 11.4 Å². The van der Waals surface area contributed by atoms with E-state index >= 15 is 0 Å². The molecule has 0 amide bonds. The molecule has 0 aliphatic carbocycles. The van der Waals surface area contributed by atoms with Crippen LogP contribution >= 0.6 is 0 Å². The minimum atomic E-state index is -3.55. The predicted octanol–water partition coefficient (Wildman–Crippen LogP) is 2.67. The van der Waals surface area contributed by atoms with Crippen LogP contribution in [-0.2, 0) is 16.4 Å². The summed E-state index contributed by atoms with van der Waals surface area (Å²) in [4.78, 5) is 8.88. The molecule has 26 heavy (non-hydrogen) atoms. The van der Waals surface area contributed by atoms with Crippen LogP contribution in [0.1, 0.15) is 5.56 Å². The minimum absolute atomic E-state index is 0.203. The average molecular weight is 369 g/mol. The van der Waals surface area contributed by atoms with Crippen LogP contribution in [-0.4, -0.2) is 32.0 Å². The van der Waals surface area contributed by atoms with Gasteiger partial charge in [0.1, 0.15) is 5.75 Å². The van der Waals surface area contributed by atoms with Gasteiger partial charge < -0.3 is 4.74 Å². The second kappa shape index (κ2) is 8.07. The molecule has 2 aromatic carbocycles. The highest BCUT2D eigenvalue weighted by Gasteiger charge is 2.13. The van der Waals surface area contributed by atoms with Gasteiger partial charge in [-0.3, -0.25) is 0 Å². The fourth-order valence-electron chi connectivity index (χ4n) is 2.39. The third-order valence-electron chi connectivity index (χ3n) is 3.81. The van der Waals surface area contributed by atoms with Gasteiger partial charge in [-0.25, -0.2) is 23.1 Å². The maximum Gasteiger partial charge on any atom is 0.240 e. The second-order valence-corrected chi connectivity index (χ2v) is 7.37. The molecule has 1 heterocycles. The molecule has 0 radical (unpaired) electrons. The number of ether oxygens (including phenoxy) is 1. The first-order valence-electron chi connectivity index (χ1n) is 8.08. The Morgan fingerprint density at radius 3 is 2.23 bits per heavy atom. The van der Waals surface area contributed by atoms with Crippen molar-refractivity contribution in [1.29, 1.82) is 0 Å². The summed E-state index contributed by atoms with van der Waals surface area (Å²) in [7, 11) is -2.02. The standard InChI is InChI=1S/C19H19N3O3S/c1-25-17-7-9-18(10-8-17)26(23,24)22-12-11-15-13-20-19(21-14-15)16-5-3-2-4-6-16/h2-10,13-14,22H,11-12H2,1H3. The van der Waals surface area contributed by atoms with E-state index in [4.69, 9.17) is 4.74 Å². The lowest BCUT2D eigenvalue weighted by Crippen LogP contribution is -2.26. The lowest BCUT2D eigenvalue weighted by molar-refractivity contribution is 0.414. The SMILES string of the molecule is COc1ccc(S(=O)(=O)NCCc2cnc(-c3ccccc3)nc2)cc1. The topological polar surface area (TPSA) is 81.2 Å². The average Bonchev–Trinajstić information content (AvgIpc) is 2.69. The Hall–Kier alpha value is -2.77. The maximum absolute atomic E-state index is 12.3. The lowest BCUT2D eigenvalue weighted by Gasteiger charge is -2.08. The van der Waals surface area contributed by atoms with Crippen molar-refractivity contribution in [2.45, 2.75) is 11.3 Å². The van der Waals surface area contributed by atoms with Gasteiger partial charge in [-0.15, -0.1) is 0 Å². The summed E-state index contributed by atoms with van der Waals surface area (Å²) in [5.41, 5.74) is 1.81. The molecule has 1 aromatic heterocycles. The van der Waals surface area contributed by atoms with E-state index in [1.807, 2.05) is 30.3 Å². The Kier molecular flexibility index (Phi) is 5.60. The fourth-order valence-corrected chi connectivity index (χ4v) is 3.42. The zero-order chi connectivity index (χ0) is 18.4. The van der Waals surface area contributed by atoms with E-state index in [9.17, 15) is 8.42 Å². The first kappa shape index (κ1) is 18.0. The molecule has 0 unspecified atom stereocenters. The third kappa shape index (κ3) is 4.44. The highest BCUT2D eigenvalue weighted by atomic mass is 32.2. The number of methoxy groups -OCH3 is 1. The summed E-state index contributed by atoms with van der Waals surface area (Å²) in [5, 5.41) is 0. The Bertz CT molecular complexity index is 942. The first-order chi connectivity index (χ1) is 12.6. The van der Waals surface area contributed by atoms with Crippen LogP contribution in [0.4, 0.5) is 0 Å². The van der Waals surface area contributed by atoms with Crippen LogP contribution in [0.3, 0.4) is 0 Å². The molecule has 1 N–H and O–H groups in total. The van der Waals surface area contributed by atoms with Gasteiger partial charge in [0.25, 0.3) is 0 Å². The molecule has 0 aliphatic rings. The molecule has 0 saturated carbocycles. The molecule has 7 heteroatoms. The fraction of sp³-hybridized carbons (Fsp3) is 0.158. The van der Waals surface area contributed by atoms with Crippen molar-refractivity contribution in [2.24, 2.45) is 0 Å². The monoisotopic (exact) mass is 369 g/mol. The summed E-state index contributed by atoms with van der Waals surface area (Å²) >= 11 is 0. The van der Waals surface area contributed by atoms with E-state index in [0.717, 1.165) is 11.1 Å². The summed E-state index contributed by atoms with van der Waals surface area (Å²) in [5.74, 6) is 1.26. The molecule has 0 spiro atoms. The van der Waals surface area contributed by atoms with Crippen LogP contribution in [0.5, 0.6) is 5.75 Å². The zero-order valence-electron chi connectivity index (χ0n) is 14.3. The Morgan fingerprint density at radius 2 is 1.62 bits per heavy atom. The molecular formula is C19H19N3O3S. The Balaban J connectivity index is 1.58. The largest absolute Gasteiger partial charge is 0.497 e. The minimum Gasteiger partial charge on any atom is -0.497 e. The molecule has 3 aromatic rings. The summed E-state index contributed by atoms with van der Waals surface area (Å²) < 4.78 is 32.2. The molecule has 3 rings (SSSR count). The summed E-state index contributed by atoms with van der Waals surface area (Å²) in [6.45, 7) is 0.266. The van der Waals surface area contributed by atoms with Crippen molar-refractivity contribution >= 4 is 10.0 Å². The Morgan fingerprint density at radius 1 is 0.962 bits per heavy atom. The van der Waals surface area contributed by atoms with Crippen molar-refractivity contribution in [3.05, 3.63) is 72.6 Å². The van der Waals surface area contributed by atoms with Crippen LogP contribution in [0.2, 0.25) is 0 Å². The van der Waals surface area contributed by atoms with Gasteiger partial charge in [-0.05, 0) is 36.2 Å². The van der Waals surface area contributed by atoms with Crippen LogP contribution in [0.25, 0.3) is 11.4 Å². The van der Waals surface area contributed by atoms with E-state index in [2.05, 4.69) is 14.7 Å². The predicted molar refractivity (Wildman–Crippen MR) is 99.4 cm³/mol. The van der Waals surface area contributed by atoms with Crippen LogP contribution in [0.15, 0.2) is 71.9 Å². The molecule has 0 aliphatic heterocycles. The van der Waals surface area contributed by atoms with Crippen LogP contribution in [0, 0.1) is 0 Å². The van der Waals surface area contributed by atoms with Gasteiger partial charge in [0.05, 0.1) is 12.0 Å². The lowest BCUT2D eigenvalue weighted by atomic mass is 10.2. The normalized spacial score (nSPS) is 11.3. The van der Waals surface area contributed by atoms with Gasteiger partial charge >= 0.3 is 0 Å². The summed E-state index contributed by atoms with van der Waals surface area (Å²) in [6.07, 6.45) is 3.94. The van der Waals surface area contributed by atoms with Crippen molar-refractivity contribution < 1.29 is 13.2 Å². The Labute approximate surface area is 153 Å². The number of benzene rings is 2. The molecule has 0 saturated heterocycles. The number of nitrogens with zero attached hydrogens (tertiary/aromatic N) is 2. The van der Waals surface area contributed by atoms with E-state index in [1.54, 1.807) is 24.5 Å². The molecule has 6 nitrogen and oxygen atoms in total. The van der Waals surface area contributed by atoms with E-state index < -0.39 is 10.0 Å². The smallest absolute Gasteiger partial charge is 0.240 e. The van der Waals surface area contributed by atoms with Crippen molar-refractivity contribution in [3.8, 4) is 17.1 Å². The molecule has 0 fully saturated rings. The molecule has 0 bridgehead atoms. The van der Waals surface area contributed by atoms with Gasteiger partial charge in [-0.1, -0.05) is 30.3 Å². The quantitative estimate of drug-likeness (QED) is 0.692. The van der Waals surface area contributed by atoms with Crippen molar-refractivity contribution in [2.75, 3.05) is 13.7 Å². The number of aromatic nitrogens is 2. The van der Waals surface area contributed by atoms with Gasteiger partial charge in [0.2, 0.25) is 10.0 Å². The van der Waals surface area contributed by atoms with Crippen molar-refractivity contribution in [3.63, 3.8) is 0 Å². The van der Waals surface area contributed by atoms with E-state index in [0.29, 0.717) is 18.0 Å². The number of sulfonamides is 1. The van der Waals surface area contributed by atoms with Gasteiger partial charge in [0.15, 0.2) is 5.82 Å². The van der Waals surface area contributed by atoms with Gasteiger partial charge in [-0.2, -0.15) is 0 Å². The maximum atomic E-state index is 12.3. The summed E-state index contributed by atoms with van der Waals surface area (Å²) in [6, 6.07) is 15.9. The molecule has 0 atom stereocenters. The number of rotatable bonds is 7. The van der Waals surface area contributed by atoms with Gasteiger partial charge in [0, 0.05) is 24.5 Å². The van der Waals surface area contributed by atoms with Crippen LogP contribution < -0.4 is 9.46 Å². The number of hydrogen-bond acceptors (Lipinski definition) is 5. The first-order valence-corrected chi connectivity index (χ1v) is 9.57. The highest BCUT2D eigenvalue weighted by Crippen LogP contribution is 2.16. The number of hydrogen-bond donors (Lipinski definition) is 1. The zero-order valence-corrected chi connectivity index (χ0v) is 15.1. The number of nitrogens with one attached hydrogen (secondary N) is 1. The highest BCUT2D eigenvalue weighted by molar-refractivity contribution is 7.89.